The quantitative estimate of drug-likeness (QED) is 0.128. The Kier molecular flexibility index (Phi) is 8.09. The fourth-order valence-electron chi connectivity index (χ4n) is 6.15. The molecule has 2 aromatic heterocycles. The first-order chi connectivity index (χ1) is 23.7. The summed E-state index contributed by atoms with van der Waals surface area (Å²) < 4.78 is 29.5. The molecule has 49 heavy (non-hydrogen) atoms. The van der Waals surface area contributed by atoms with E-state index in [2.05, 4.69) is 4.98 Å². The average molecular weight is 657 g/mol. The van der Waals surface area contributed by atoms with Crippen LogP contribution in [0.5, 0.6) is 17.2 Å². The van der Waals surface area contributed by atoms with Gasteiger partial charge in [0.25, 0.3) is 17.4 Å². The molecular formula is C38H29FN4O6. The van der Waals surface area contributed by atoms with Gasteiger partial charge in [-0.25, -0.2) is 9.07 Å². The highest BCUT2D eigenvalue weighted by molar-refractivity contribution is 6.21. The van der Waals surface area contributed by atoms with Crippen molar-refractivity contribution < 1.29 is 28.2 Å². The van der Waals surface area contributed by atoms with Crippen LogP contribution >= 0.6 is 0 Å². The molecule has 7 rings (SSSR count). The van der Waals surface area contributed by atoms with E-state index < -0.39 is 29.0 Å². The molecule has 6 aromatic rings. The highest BCUT2D eigenvalue weighted by Gasteiger charge is 2.35. The van der Waals surface area contributed by atoms with Gasteiger partial charge in [-0.15, -0.1) is 0 Å². The van der Waals surface area contributed by atoms with E-state index in [1.807, 2.05) is 0 Å². The van der Waals surface area contributed by atoms with E-state index in [1.54, 1.807) is 110 Å². The first-order valence-electron chi connectivity index (χ1n) is 15.5. The third-order valence-electron chi connectivity index (χ3n) is 8.58. The second-order valence-electron chi connectivity index (χ2n) is 11.5. The van der Waals surface area contributed by atoms with Crippen molar-refractivity contribution in [2.45, 2.75) is 19.9 Å². The van der Waals surface area contributed by atoms with Crippen LogP contribution in [0.25, 0.3) is 16.6 Å². The lowest BCUT2D eigenvalue weighted by Crippen LogP contribution is -2.34. The van der Waals surface area contributed by atoms with Crippen LogP contribution in [0.3, 0.4) is 0 Å². The number of para-hydroxylation sites is 1. The largest absolute Gasteiger partial charge is 0.497 e. The van der Waals surface area contributed by atoms with Crippen molar-refractivity contribution in [3.63, 3.8) is 0 Å². The maximum atomic E-state index is 15.4. The number of halogens is 1. The molecule has 0 saturated heterocycles. The van der Waals surface area contributed by atoms with E-state index in [0.717, 1.165) is 4.90 Å². The molecule has 2 amide bonds. The molecule has 244 valence electrons. The van der Waals surface area contributed by atoms with Gasteiger partial charge in [-0.05, 0) is 67.1 Å². The Labute approximate surface area is 279 Å². The van der Waals surface area contributed by atoms with Gasteiger partial charge in [0.15, 0.2) is 17.3 Å². The summed E-state index contributed by atoms with van der Waals surface area (Å²) in [4.78, 5) is 59.1. The summed E-state index contributed by atoms with van der Waals surface area (Å²) in [6.07, 6.45) is 1.31. The molecule has 0 unspecified atom stereocenters. The van der Waals surface area contributed by atoms with E-state index in [9.17, 15) is 19.2 Å². The van der Waals surface area contributed by atoms with Crippen LogP contribution in [0.1, 0.15) is 42.3 Å². The highest BCUT2D eigenvalue weighted by atomic mass is 19.1. The number of imide groups is 1. The van der Waals surface area contributed by atoms with Gasteiger partial charge >= 0.3 is 0 Å². The molecule has 0 atom stereocenters. The number of hydrogen-bond acceptors (Lipinski definition) is 7. The lowest BCUT2D eigenvalue weighted by atomic mass is 10.0. The SMILES string of the molecule is COc1ccc2c(Oc3ccc(CC(=O)c4c(C)n(CCN5C(=O)c6ccccc6C5=O)n(-c5ccccc5)c4=O)cc3F)ccnc2c1. The lowest BCUT2D eigenvalue weighted by molar-refractivity contribution is 0.0645. The molecule has 0 fully saturated rings. The number of hydrogen-bond donors (Lipinski definition) is 0. The van der Waals surface area contributed by atoms with Gasteiger partial charge in [0.1, 0.15) is 17.1 Å². The Balaban J connectivity index is 1.15. The fourth-order valence-corrected chi connectivity index (χ4v) is 6.15. The molecule has 0 bridgehead atoms. The summed E-state index contributed by atoms with van der Waals surface area (Å²) in [5.74, 6) is -1.03. The van der Waals surface area contributed by atoms with E-state index in [4.69, 9.17) is 9.47 Å². The van der Waals surface area contributed by atoms with Gasteiger partial charge in [0.05, 0.1) is 36.0 Å². The maximum absolute atomic E-state index is 15.4. The predicted molar refractivity (Wildman–Crippen MR) is 179 cm³/mol. The Morgan fingerprint density at radius 1 is 0.816 bits per heavy atom. The smallest absolute Gasteiger partial charge is 0.282 e. The number of carbonyl (C=O) groups is 3. The fraction of sp³-hybridized carbons (Fsp3) is 0.132. The van der Waals surface area contributed by atoms with E-state index >= 15 is 4.39 Å². The molecule has 0 radical (unpaired) electrons. The van der Waals surface area contributed by atoms with Crippen molar-refractivity contribution in [3.05, 3.63) is 147 Å². The lowest BCUT2D eigenvalue weighted by Gasteiger charge is -2.18. The molecule has 3 heterocycles. The van der Waals surface area contributed by atoms with Crippen molar-refractivity contribution in [2.24, 2.45) is 0 Å². The predicted octanol–water partition coefficient (Wildman–Crippen LogP) is 6.16. The first-order valence-corrected chi connectivity index (χ1v) is 15.5. The van der Waals surface area contributed by atoms with Crippen LogP contribution in [0.2, 0.25) is 0 Å². The number of carbonyl (C=O) groups excluding carboxylic acids is 3. The molecule has 1 aliphatic heterocycles. The number of methoxy groups -OCH3 is 1. The number of fused-ring (bicyclic) bond motifs is 2. The van der Waals surface area contributed by atoms with Crippen molar-refractivity contribution >= 4 is 28.5 Å². The maximum Gasteiger partial charge on any atom is 0.282 e. The minimum atomic E-state index is -0.680. The zero-order valence-corrected chi connectivity index (χ0v) is 26.6. The Bertz CT molecular complexity index is 2310. The standard InChI is InChI=1S/C38H29FN4O6/c1-23-35(32(44)21-24-12-15-34(30(39)20-24)49-33-16-17-40-31-22-26(48-2)13-14-29(31)33)38(47)43(25-8-4-3-5-9-25)42(23)19-18-41-36(45)27-10-6-7-11-28(27)37(41)46/h3-17,20,22H,18-19,21H2,1-2H3. The van der Waals surface area contributed by atoms with Crippen LogP contribution in [0.15, 0.2) is 108 Å². The number of rotatable bonds is 10. The monoisotopic (exact) mass is 656 g/mol. The van der Waals surface area contributed by atoms with Gasteiger partial charge in [0.2, 0.25) is 0 Å². The van der Waals surface area contributed by atoms with Gasteiger partial charge < -0.3 is 9.47 Å². The Hall–Kier alpha value is -6.36. The number of aromatic nitrogens is 3. The third kappa shape index (κ3) is 5.65. The number of nitrogens with zero attached hydrogens (tertiary/aromatic N) is 4. The van der Waals surface area contributed by atoms with Crippen LogP contribution in [-0.2, 0) is 13.0 Å². The summed E-state index contributed by atoms with van der Waals surface area (Å²) in [7, 11) is 1.56. The van der Waals surface area contributed by atoms with E-state index in [0.29, 0.717) is 50.5 Å². The number of ketones is 1. The molecule has 0 saturated carbocycles. The summed E-state index contributed by atoms with van der Waals surface area (Å²) in [6, 6.07) is 26.5. The average Bonchev–Trinajstić information content (AvgIpc) is 3.51. The molecule has 4 aromatic carbocycles. The molecular weight excluding hydrogens is 627 g/mol. The molecule has 0 N–H and O–H groups in total. The minimum absolute atomic E-state index is 0.0191. The number of amides is 2. The minimum Gasteiger partial charge on any atom is -0.497 e. The van der Waals surface area contributed by atoms with Crippen LogP contribution in [0.4, 0.5) is 4.39 Å². The molecule has 11 heteroatoms. The zero-order valence-electron chi connectivity index (χ0n) is 26.6. The zero-order chi connectivity index (χ0) is 34.2. The third-order valence-corrected chi connectivity index (χ3v) is 8.58. The first kappa shape index (κ1) is 31.3. The number of ether oxygens (including phenoxy) is 2. The number of pyridine rings is 1. The van der Waals surface area contributed by atoms with Crippen molar-refractivity contribution in [1.82, 2.24) is 19.2 Å². The molecule has 10 nitrogen and oxygen atoms in total. The highest BCUT2D eigenvalue weighted by Crippen LogP contribution is 2.32. The van der Waals surface area contributed by atoms with Gasteiger partial charge in [0, 0.05) is 36.3 Å². The van der Waals surface area contributed by atoms with Crippen LogP contribution < -0.4 is 15.0 Å². The van der Waals surface area contributed by atoms with Gasteiger partial charge in [-0.1, -0.05) is 36.4 Å². The topological polar surface area (TPSA) is 113 Å². The van der Waals surface area contributed by atoms with Gasteiger partial charge in [-0.2, -0.15) is 0 Å². The Morgan fingerprint density at radius 2 is 1.53 bits per heavy atom. The molecule has 1 aliphatic rings. The van der Waals surface area contributed by atoms with Crippen molar-refractivity contribution in [2.75, 3.05) is 13.7 Å². The number of Topliss-reactive ketones (excluding diaryl/α,β-unsaturated/α-hetero) is 1. The van der Waals surface area contributed by atoms with E-state index in [1.165, 1.54) is 16.8 Å². The van der Waals surface area contributed by atoms with Crippen molar-refractivity contribution in [3.8, 4) is 22.9 Å². The van der Waals surface area contributed by atoms with Gasteiger partial charge in [-0.3, -0.25) is 33.7 Å². The summed E-state index contributed by atoms with van der Waals surface area (Å²) in [6.45, 7) is 1.68. The van der Waals surface area contributed by atoms with Crippen molar-refractivity contribution in [1.29, 1.82) is 0 Å². The molecule has 0 spiro atoms. The van der Waals surface area contributed by atoms with Crippen LogP contribution in [0, 0.1) is 12.7 Å². The summed E-state index contributed by atoms with van der Waals surface area (Å²) >= 11 is 0. The summed E-state index contributed by atoms with van der Waals surface area (Å²) in [5, 5.41) is 0.666. The summed E-state index contributed by atoms with van der Waals surface area (Å²) in [5.41, 5.74) is 1.86. The van der Waals surface area contributed by atoms with Crippen LogP contribution in [-0.4, -0.2) is 50.5 Å². The second kappa shape index (κ2) is 12.7. The second-order valence-corrected chi connectivity index (χ2v) is 11.5. The van der Waals surface area contributed by atoms with E-state index in [-0.39, 0.29) is 30.8 Å². The normalized spacial score (nSPS) is 12.4. The Morgan fingerprint density at radius 3 is 2.22 bits per heavy atom. The number of benzene rings is 4. The molecule has 0 aliphatic carbocycles.